The van der Waals surface area contributed by atoms with Crippen LogP contribution in [0.15, 0.2) is 20.9 Å². The van der Waals surface area contributed by atoms with E-state index in [1.54, 1.807) is 14.2 Å². The second-order valence-electron chi connectivity index (χ2n) is 54.0. The van der Waals surface area contributed by atoms with Gasteiger partial charge in [-0.15, -0.1) is 28.7 Å². The van der Waals surface area contributed by atoms with Gasteiger partial charge in [-0.25, -0.2) is 5.06 Å². The molecule has 18 nitrogen and oxygen atoms in total. The summed E-state index contributed by atoms with van der Waals surface area (Å²) in [5.74, 6) is 25.3. The highest BCUT2D eigenvalue weighted by molar-refractivity contribution is 6.83. The molecule has 9 N–H and O–H groups in total. The molecule has 1 saturated heterocycles. The average molecular weight is 2100 g/mol. The van der Waals surface area contributed by atoms with Crippen molar-refractivity contribution in [3.63, 3.8) is 0 Å². The molecule has 21 fully saturated rings. The minimum absolute atomic E-state index is 0. The number of ether oxygens (including phenoxy) is 1. The number of aromatic nitrogens is 1. The van der Waals surface area contributed by atoms with Crippen molar-refractivity contribution in [3.05, 3.63) is 17.5 Å². The van der Waals surface area contributed by atoms with Gasteiger partial charge in [-0.2, -0.15) is 0 Å². The van der Waals surface area contributed by atoms with Crippen LogP contribution in [0.3, 0.4) is 0 Å². The molecule has 0 spiro atoms. The first kappa shape index (κ1) is 138. The van der Waals surface area contributed by atoms with Crippen LogP contribution in [0.1, 0.15) is 478 Å². The molecule has 0 radical (unpaired) electrons. The summed E-state index contributed by atoms with van der Waals surface area (Å²) in [4.78, 5) is 29.6. The number of aliphatic hydroxyl groups excluding tert-OH is 2. The molecule has 22 rings (SSSR count). The first-order valence-electron chi connectivity index (χ1n) is 56.4. The summed E-state index contributed by atoms with van der Waals surface area (Å²) in [5, 5.41) is 100.0. The van der Waals surface area contributed by atoms with E-state index in [-0.39, 0.29) is 120 Å². The maximum absolute atomic E-state index is 12.9. The maximum Gasteiger partial charge on any atom is 0.249 e. The molecule has 1 aliphatic heterocycles. The van der Waals surface area contributed by atoms with Crippen molar-refractivity contribution < 1.29 is 69.8 Å². The molecule has 1 aromatic rings. The molecule has 21 aliphatic rings. The van der Waals surface area contributed by atoms with Gasteiger partial charge in [0.2, 0.25) is 5.91 Å². The molecule has 0 unspecified atom stereocenters. The summed E-state index contributed by atoms with van der Waals surface area (Å²) in [6.07, 6.45) is 71.9. The molecule has 20 saturated carbocycles. The number of aldehydes is 1. The Morgan fingerprint density at radius 1 is 0.405 bits per heavy atom. The standard InChI is InChI=1S/C23H35NO3.C22H37NO3.2C20H33NO2.C20H32O2.C5H10Si.C4H8O.C3H4O.12CH4/c1-22(26)9-7-16-14(12-22)3-4-18-17(16)8-10-23(2)19(18)5-6-20(23)21-11-15(13-25)27-24-21;1-21(25)11-9-15-14(13-21)5-6-17-16(15)10-12-22(2)18(17)7-8-19(22)20(24)23(3)26-4;2*1-19(22)9-7-15-13(11-19)3-5-17-16(15)8-10-20(2)14(12-21-23)4-6-18(17)20;1-19(22)9-7-15-13(11-19)3-5-17-16(15)8-10-20(2)14(12-21)4-6-18(17)20;1-5-6(2,3)4;1-2-4-5-3-1;1-2-3-4;;;;;;;;;;;;/h11,14,16-20,25-26H,3-10,12-13H2,1-2H3;14-19,25H,5-13H2,1-4H3;2*12-18,22-23H,3-11H2,1-2H3;12-18,22H,3-11H2,1-2H3;1H,2-4H3;1-4H2;1,4H,3H2;12*1H4/b;;2*21-12+;;;;;;;;;;;;;;;;/t14-,16+,17-,18-,19+,20-,22-,23+;14-,15+,16-,17-,18+,19-,21-,22+;3*13-,14-,15+,16-,17-,18+,19-,20-;;;;;;;;;;;;;;;/m11111.............../s1. The molecule has 148 heavy (non-hydrogen) atoms. The predicted octanol–water partition coefficient (Wildman–Crippen LogP) is 31.4. The van der Waals surface area contributed by atoms with Crippen LogP contribution in [0.4, 0.5) is 0 Å². The lowest BCUT2D eigenvalue weighted by Gasteiger charge is -2.56. The van der Waals surface area contributed by atoms with Crippen LogP contribution in [0, 0.1) is 223 Å². The minimum atomic E-state index is -1.10. The monoisotopic (exact) mass is 2100 g/mol. The number of oxime groups is 2. The van der Waals surface area contributed by atoms with Gasteiger partial charge in [0.1, 0.15) is 27.6 Å². The Balaban J connectivity index is 0.000000450. The van der Waals surface area contributed by atoms with Crippen molar-refractivity contribution in [2.24, 2.45) is 209 Å². The number of hydrogen-bond donors (Lipinski definition) is 9. The van der Waals surface area contributed by atoms with E-state index in [9.17, 15) is 40.2 Å². The summed E-state index contributed by atoms with van der Waals surface area (Å²) in [6.45, 7) is 30.7. The first-order chi connectivity index (χ1) is 64.5. The molecule has 0 aromatic carbocycles. The van der Waals surface area contributed by atoms with Crippen molar-refractivity contribution in [1.82, 2.24) is 10.2 Å². The second kappa shape index (κ2) is 56.1. The lowest BCUT2D eigenvalue weighted by molar-refractivity contribution is -0.180. The molecular weight excluding hydrogens is 1860 g/mol. The van der Waals surface area contributed by atoms with Crippen molar-refractivity contribution >= 4 is 32.7 Å². The molecule has 1 aromatic heterocycles. The fraction of sp³-hybridized carbons (Fsp3) is 0.915. The number of carbonyl (C=O) groups excluding carboxylic acids is 2. The van der Waals surface area contributed by atoms with Gasteiger partial charge in [-0.1, -0.05) is 154 Å². The molecule has 0 bridgehead atoms. The minimum Gasteiger partial charge on any atom is -0.411 e. The van der Waals surface area contributed by atoms with Gasteiger partial charge in [-0.3, -0.25) is 9.63 Å². The van der Waals surface area contributed by atoms with Crippen LogP contribution in [-0.4, -0.2) is 151 Å². The van der Waals surface area contributed by atoms with Gasteiger partial charge in [0.05, 0.1) is 40.8 Å². The van der Waals surface area contributed by atoms with E-state index in [4.69, 9.17) is 36.0 Å². The Morgan fingerprint density at radius 3 is 0.946 bits per heavy atom. The third-order valence-corrected chi connectivity index (χ3v) is 46.3. The van der Waals surface area contributed by atoms with E-state index in [1.807, 2.05) is 59.0 Å². The topological polar surface area (TPSA) is 289 Å². The van der Waals surface area contributed by atoms with Crippen LogP contribution < -0.4 is 0 Å². The number of hydrogen-bond acceptors (Lipinski definition) is 17. The van der Waals surface area contributed by atoms with E-state index >= 15 is 0 Å². The van der Waals surface area contributed by atoms with Crippen LogP contribution >= 0.6 is 0 Å². The Morgan fingerprint density at radius 2 is 0.676 bits per heavy atom. The van der Waals surface area contributed by atoms with Gasteiger partial charge >= 0.3 is 0 Å². The summed E-state index contributed by atoms with van der Waals surface area (Å²) in [5.41, 5.74) is 3.23. The number of nitrogens with zero attached hydrogens (tertiary/aromatic N) is 4. The summed E-state index contributed by atoms with van der Waals surface area (Å²) in [7, 11) is 2.24. The maximum atomic E-state index is 12.9. The van der Waals surface area contributed by atoms with Gasteiger partial charge < -0.3 is 60.2 Å². The van der Waals surface area contributed by atoms with Crippen LogP contribution in [0.25, 0.3) is 0 Å². The third-order valence-electron chi connectivity index (χ3n) is 45.4. The largest absolute Gasteiger partial charge is 0.411 e. The fourth-order valence-electron chi connectivity index (χ4n) is 38.7. The quantitative estimate of drug-likeness (QED) is 0.0306. The lowest BCUT2D eigenvalue weighted by atomic mass is 9.49. The zero-order valence-corrected chi connectivity index (χ0v) is 88.7. The predicted molar refractivity (Wildman–Crippen MR) is 623 cm³/mol. The highest BCUT2D eigenvalue weighted by Crippen LogP contribution is 2.72. The fourth-order valence-corrected chi connectivity index (χ4v) is 38.7. The molecule has 864 valence electrons. The van der Waals surface area contributed by atoms with Crippen LogP contribution in [0.2, 0.25) is 19.6 Å². The third kappa shape index (κ3) is 28.9. The zero-order valence-electron chi connectivity index (χ0n) is 87.7. The van der Waals surface area contributed by atoms with Crippen LogP contribution in [-0.2, 0) is 25.8 Å². The van der Waals surface area contributed by atoms with E-state index in [0.717, 1.165) is 238 Å². The Hall–Kier alpha value is -3.73. The van der Waals surface area contributed by atoms with E-state index in [1.165, 1.54) is 236 Å². The van der Waals surface area contributed by atoms with E-state index < -0.39 is 36.1 Å². The number of amides is 1. The summed E-state index contributed by atoms with van der Waals surface area (Å²) in [6, 6.07) is 1.99. The smallest absolute Gasteiger partial charge is 0.249 e. The summed E-state index contributed by atoms with van der Waals surface area (Å²) < 4.78 is 10.3. The molecule has 40 atom stereocenters. The SMILES string of the molecule is C.C.C.C.C.C.C.C.C.C.C.C.C#CCO.C#C[Si](C)(C)C.C1CCOC1.CON(C)C(=O)[C@H]1CC[C@H]2[C@@H]3CC[C@@H]4C[C@](C)(O)CC[C@@H]4[C@H]3CC[C@]12C.C[C@@]1(O)CC[C@H]2[C@H](CC[C@@H]3[C@@H]2CC[C@]2(C)[C@@H](/C=N/O)CC[C@@H]32)C1.C[C@@]1(O)CC[C@H]2[C@H](CC[C@@H]3[C@@H]2CC[C@]2(C)[C@@H](/C=N/O)CC[C@@H]32)C1.C[C@@]1(O)CC[C@H]2[C@H](CC[C@@H]3[C@@H]2CC[C@]2(C)[C@@H](C=O)CC[C@@H]32)C1.C[C@@]1(O)CC[C@H]2[C@H](CC[C@@H]3[C@@H]2CC[C@]2(C)[C@@H](c4cc(CO)on4)CC[C@@H]32)C1. The Labute approximate surface area is 912 Å². The number of carbonyl (C=O) groups is 2. The highest BCUT2D eigenvalue weighted by Gasteiger charge is 2.65. The van der Waals surface area contributed by atoms with Gasteiger partial charge in [0.15, 0.2) is 5.76 Å². The Bertz CT molecular complexity index is 4140. The number of fused-ring (bicyclic) bond motifs is 25. The van der Waals surface area contributed by atoms with Crippen LogP contribution in [0.5, 0.6) is 0 Å². The van der Waals surface area contributed by atoms with E-state index in [0.29, 0.717) is 57.0 Å². The molecular formula is C129H240N4O14Si. The van der Waals surface area contributed by atoms with Crippen molar-refractivity contribution in [2.45, 2.75) is 520 Å². The van der Waals surface area contributed by atoms with Gasteiger partial charge in [-0.05, 0) is 511 Å². The lowest BCUT2D eigenvalue weighted by Crippen LogP contribution is -2.51. The normalized spacial score (nSPS) is 45.2. The first-order valence-corrected chi connectivity index (χ1v) is 59.9. The zero-order chi connectivity index (χ0) is 97.7. The summed E-state index contributed by atoms with van der Waals surface area (Å²) >= 11 is 0. The Kier molecular flexibility index (Phi) is 52.5. The van der Waals surface area contributed by atoms with Gasteiger partial charge in [0, 0.05) is 68.3 Å². The number of terminal acetylenes is 2. The van der Waals surface area contributed by atoms with Crippen molar-refractivity contribution in [3.8, 4) is 24.3 Å². The van der Waals surface area contributed by atoms with Crippen molar-refractivity contribution in [2.75, 3.05) is 34.0 Å². The average Bonchev–Trinajstić information content (AvgIpc) is 1.55. The number of aliphatic hydroxyl groups is 7. The molecule has 2 heterocycles. The molecule has 1 amide bonds. The molecule has 20 aliphatic carbocycles. The van der Waals surface area contributed by atoms with E-state index in [2.05, 4.69) is 81.7 Å². The number of hydroxylamine groups is 2. The second-order valence-corrected chi connectivity index (χ2v) is 58.8. The number of rotatable bonds is 7. The van der Waals surface area contributed by atoms with Crippen molar-refractivity contribution in [1.29, 1.82) is 0 Å². The van der Waals surface area contributed by atoms with Gasteiger partial charge in [0.25, 0.3) is 0 Å². The highest BCUT2D eigenvalue weighted by atomic mass is 28.3. The molecule has 19 heteroatoms.